The van der Waals surface area contributed by atoms with E-state index in [0.717, 1.165) is 14.6 Å². The van der Waals surface area contributed by atoms with Crippen LogP contribution in [0, 0.1) is 0 Å². The molecular weight excluding hydrogens is 468 g/mol. The Bertz CT molecular complexity index is 896. The number of rotatable bonds is 5. The highest BCUT2D eigenvalue weighted by atomic mass is 79.9. The number of aliphatic hydroxyl groups excluding tert-OH is 1. The molecule has 2 aliphatic rings. The molecule has 3 atom stereocenters. The first-order valence-electron chi connectivity index (χ1n) is 9.07. The zero-order valence-electron chi connectivity index (χ0n) is 15.1. The Morgan fingerprint density at radius 3 is 2.74 bits per heavy atom. The lowest BCUT2D eigenvalue weighted by Gasteiger charge is -2.36. The van der Waals surface area contributed by atoms with Gasteiger partial charge in [0, 0.05) is 38.8 Å². The largest absolute Gasteiger partial charge is 0.389 e. The standard InChI is InChI=1S/C22H22Br2N2O/c1-22-12-16(24)8-10-21(22)26(20-9-7-15(23)11-19(20)22)14-18(27)13-25-17-5-3-2-4-6-17/h2-12,18,21,25,27H,13-14H2,1H3. The average molecular weight is 490 g/mol. The number of hydrogen-bond donors (Lipinski definition) is 2. The molecule has 1 aliphatic heterocycles. The van der Waals surface area contributed by atoms with Crippen molar-refractivity contribution in [3.63, 3.8) is 0 Å². The zero-order valence-corrected chi connectivity index (χ0v) is 18.2. The molecule has 2 N–H and O–H groups in total. The van der Waals surface area contributed by atoms with Crippen LogP contribution in [0.5, 0.6) is 0 Å². The van der Waals surface area contributed by atoms with Gasteiger partial charge in [-0.1, -0.05) is 68.3 Å². The van der Waals surface area contributed by atoms with Crippen LogP contribution in [0.1, 0.15) is 12.5 Å². The number of halogens is 2. The number of para-hydroxylation sites is 1. The van der Waals surface area contributed by atoms with Crippen LogP contribution < -0.4 is 10.2 Å². The molecule has 5 heteroatoms. The summed E-state index contributed by atoms with van der Waals surface area (Å²) in [6.45, 7) is 3.35. The summed E-state index contributed by atoms with van der Waals surface area (Å²) in [5, 5.41) is 14.0. The molecule has 3 unspecified atom stereocenters. The summed E-state index contributed by atoms with van der Waals surface area (Å²) in [5.41, 5.74) is 3.37. The molecular formula is C22H22Br2N2O. The third-order valence-corrected chi connectivity index (χ3v) is 6.38. The number of fused-ring (bicyclic) bond motifs is 3. The SMILES string of the molecule is CC12C=C(Br)C=CC1N(CC(O)CNc1ccccc1)c1ccc(Br)cc12. The Morgan fingerprint density at radius 1 is 1.19 bits per heavy atom. The molecule has 140 valence electrons. The summed E-state index contributed by atoms with van der Waals surface area (Å²) in [4.78, 5) is 2.32. The predicted octanol–water partition coefficient (Wildman–Crippen LogP) is 5.22. The summed E-state index contributed by atoms with van der Waals surface area (Å²) >= 11 is 7.25. The number of allylic oxidation sites excluding steroid dienone is 2. The lowest BCUT2D eigenvalue weighted by molar-refractivity contribution is 0.190. The van der Waals surface area contributed by atoms with Crippen LogP contribution in [0.3, 0.4) is 0 Å². The van der Waals surface area contributed by atoms with E-state index in [4.69, 9.17) is 0 Å². The lowest BCUT2D eigenvalue weighted by Crippen LogP contribution is -2.46. The maximum Gasteiger partial charge on any atom is 0.0887 e. The number of benzene rings is 2. The summed E-state index contributed by atoms with van der Waals surface area (Å²) < 4.78 is 2.17. The highest BCUT2D eigenvalue weighted by Crippen LogP contribution is 2.50. The van der Waals surface area contributed by atoms with Crippen molar-refractivity contribution in [1.82, 2.24) is 0 Å². The normalized spacial score (nSPS) is 24.2. The molecule has 0 amide bonds. The lowest BCUT2D eigenvalue weighted by atomic mass is 9.76. The first-order valence-corrected chi connectivity index (χ1v) is 10.7. The topological polar surface area (TPSA) is 35.5 Å². The minimum Gasteiger partial charge on any atom is -0.389 e. The monoisotopic (exact) mass is 488 g/mol. The van der Waals surface area contributed by atoms with Gasteiger partial charge >= 0.3 is 0 Å². The Kier molecular flexibility index (Phi) is 5.19. The number of anilines is 2. The van der Waals surface area contributed by atoms with Gasteiger partial charge in [0.2, 0.25) is 0 Å². The highest BCUT2D eigenvalue weighted by molar-refractivity contribution is 9.12. The molecule has 0 radical (unpaired) electrons. The van der Waals surface area contributed by atoms with E-state index >= 15 is 0 Å². The van der Waals surface area contributed by atoms with Crippen LogP contribution in [0.15, 0.2) is 75.7 Å². The van der Waals surface area contributed by atoms with Gasteiger partial charge in [0.15, 0.2) is 0 Å². The zero-order chi connectivity index (χ0) is 19.0. The molecule has 0 bridgehead atoms. The molecule has 1 aliphatic carbocycles. The molecule has 0 saturated heterocycles. The molecule has 0 saturated carbocycles. The number of aliphatic hydroxyl groups is 1. The van der Waals surface area contributed by atoms with Crippen LogP contribution in [-0.2, 0) is 5.41 Å². The van der Waals surface area contributed by atoms with Gasteiger partial charge in [-0.15, -0.1) is 0 Å². The number of β-amino-alcohol motifs (C(OH)–C–C–N with tert-alkyl or cyclic N) is 1. The van der Waals surface area contributed by atoms with Crippen LogP contribution in [0.4, 0.5) is 11.4 Å². The van der Waals surface area contributed by atoms with Crippen molar-refractivity contribution >= 4 is 43.2 Å². The molecule has 4 rings (SSSR count). The van der Waals surface area contributed by atoms with Gasteiger partial charge in [0.1, 0.15) is 0 Å². The van der Waals surface area contributed by atoms with E-state index in [9.17, 15) is 5.11 Å². The summed E-state index contributed by atoms with van der Waals surface area (Å²) in [6.07, 6.45) is 6.13. The number of nitrogens with zero attached hydrogens (tertiary/aromatic N) is 1. The smallest absolute Gasteiger partial charge is 0.0887 e. The van der Waals surface area contributed by atoms with E-state index in [0.29, 0.717) is 13.1 Å². The second-order valence-corrected chi connectivity index (χ2v) is 9.16. The van der Waals surface area contributed by atoms with Crippen molar-refractivity contribution in [2.24, 2.45) is 0 Å². The number of hydrogen-bond acceptors (Lipinski definition) is 3. The highest BCUT2D eigenvalue weighted by Gasteiger charge is 2.46. The second-order valence-electron chi connectivity index (χ2n) is 7.33. The minimum absolute atomic E-state index is 0.126. The fraction of sp³-hybridized carbons (Fsp3) is 0.273. The Morgan fingerprint density at radius 2 is 1.96 bits per heavy atom. The van der Waals surface area contributed by atoms with Crippen molar-refractivity contribution in [3.8, 4) is 0 Å². The first-order chi connectivity index (χ1) is 13.0. The van der Waals surface area contributed by atoms with E-state index in [1.807, 2.05) is 30.3 Å². The first kappa shape index (κ1) is 18.8. The molecule has 0 spiro atoms. The molecule has 0 aromatic heterocycles. The van der Waals surface area contributed by atoms with Crippen molar-refractivity contribution in [2.45, 2.75) is 24.5 Å². The predicted molar refractivity (Wildman–Crippen MR) is 120 cm³/mol. The van der Waals surface area contributed by atoms with E-state index < -0.39 is 6.10 Å². The van der Waals surface area contributed by atoms with Crippen molar-refractivity contribution in [1.29, 1.82) is 0 Å². The van der Waals surface area contributed by atoms with Gasteiger partial charge in [-0.3, -0.25) is 0 Å². The second kappa shape index (κ2) is 7.46. The van der Waals surface area contributed by atoms with Crippen LogP contribution in [0.25, 0.3) is 0 Å². The van der Waals surface area contributed by atoms with Gasteiger partial charge in [-0.2, -0.15) is 0 Å². The maximum atomic E-state index is 10.7. The fourth-order valence-corrected chi connectivity index (χ4v) is 5.09. The summed E-state index contributed by atoms with van der Waals surface area (Å²) in [7, 11) is 0. The fourth-order valence-electron chi connectivity index (χ4n) is 4.10. The van der Waals surface area contributed by atoms with E-state index in [1.54, 1.807) is 0 Å². The van der Waals surface area contributed by atoms with E-state index in [1.165, 1.54) is 11.3 Å². The molecule has 2 aromatic rings. The summed E-state index contributed by atoms with van der Waals surface area (Å²) in [6, 6.07) is 16.6. The van der Waals surface area contributed by atoms with Gasteiger partial charge in [-0.25, -0.2) is 0 Å². The molecule has 2 aromatic carbocycles. The quantitative estimate of drug-likeness (QED) is 0.604. The van der Waals surface area contributed by atoms with Gasteiger partial charge in [-0.05, 0) is 42.8 Å². The minimum atomic E-state index is -0.480. The van der Waals surface area contributed by atoms with E-state index in [2.05, 4.69) is 85.4 Å². The summed E-state index contributed by atoms with van der Waals surface area (Å²) in [5.74, 6) is 0. The third-order valence-electron chi connectivity index (χ3n) is 5.40. The number of nitrogens with one attached hydrogen (secondary N) is 1. The van der Waals surface area contributed by atoms with Crippen molar-refractivity contribution < 1.29 is 5.11 Å². The Labute approximate surface area is 177 Å². The van der Waals surface area contributed by atoms with Crippen LogP contribution >= 0.6 is 31.9 Å². The average Bonchev–Trinajstić information content (AvgIpc) is 2.88. The maximum absolute atomic E-state index is 10.7. The van der Waals surface area contributed by atoms with Crippen LogP contribution in [0.2, 0.25) is 0 Å². The molecule has 0 fully saturated rings. The van der Waals surface area contributed by atoms with Crippen molar-refractivity contribution in [3.05, 3.63) is 81.3 Å². The Balaban J connectivity index is 1.57. The van der Waals surface area contributed by atoms with Gasteiger partial charge in [0.25, 0.3) is 0 Å². The molecule has 3 nitrogen and oxygen atoms in total. The van der Waals surface area contributed by atoms with Crippen molar-refractivity contribution in [2.75, 3.05) is 23.3 Å². The molecule has 27 heavy (non-hydrogen) atoms. The van der Waals surface area contributed by atoms with Crippen LogP contribution in [-0.4, -0.2) is 30.3 Å². The van der Waals surface area contributed by atoms with E-state index in [-0.39, 0.29) is 11.5 Å². The van der Waals surface area contributed by atoms with Gasteiger partial charge < -0.3 is 15.3 Å². The Hall–Kier alpha value is -1.56. The third kappa shape index (κ3) is 3.60. The van der Waals surface area contributed by atoms with Gasteiger partial charge in [0.05, 0.1) is 12.1 Å². The molecule has 1 heterocycles.